The van der Waals surface area contributed by atoms with Crippen LogP contribution in [0.25, 0.3) is 15.5 Å². The Hall–Kier alpha value is -3.26. The second-order valence-electron chi connectivity index (χ2n) is 7.65. The van der Waals surface area contributed by atoms with E-state index in [9.17, 15) is 4.79 Å². The molecular formula is C21H21N5O2S. The van der Waals surface area contributed by atoms with Gasteiger partial charge >= 0.3 is 0 Å². The van der Waals surface area contributed by atoms with Crippen LogP contribution in [0.4, 0.5) is 5.69 Å². The molecule has 0 saturated heterocycles. The first-order chi connectivity index (χ1) is 13.9. The van der Waals surface area contributed by atoms with Crippen LogP contribution in [0.2, 0.25) is 0 Å². The van der Waals surface area contributed by atoms with E-state index in [2.05, 4.69) is 41.4 Å². The van der Waals surface area contributed by atoms with Crippen molar-refractivity contribution in [1.82, 2.24) is 19.8 Å². The Labute approximate surface area is 172 Å². The van der Waals surface area contributed by atoms with Crippen molar-refractivity contribution in [3.8, 4) is 16.3 Å². The molecule has 4 rings (SSSR count). The first-order valence-corrected chi connectivity index (χ1v) is 10.0. The van der Waals surface area contributed by atoms with Crippen molar-refractivity contribution >= 4 is 27.9 Å². The molecule has 2 aromatic carbocycles. The number of hydrogen-bond donors (Lipinski definition) is 1. The maximum absolute atomic E-state index is 12.2. The van der Waals surface area contributed by atoms with Crippen molar-refractivity contribution in [2.75, 3.05) is 11.9 Å². The van der Waals surface area contributed by atoms with Gasteiger partial charge in [-0.2, -0.15) is 9.61 Å². The largest absolute Gasteiger partial charge is 0.484 e. The zero-order chi connectivity index (χ0) is 20.4. The Morgan fingerprint density at radius 1 is 1.10 bits per heavy atom. The zero-order valence-electron chi connectivity index (χ0n) is 16.4. The molecule has 0 aliphatic carbocycles. The van der Waals surface area contributed by atoms with Crippen molar-refractivity contribution < 1.29 is 9.53 Å². The van der Waals surface area contributed by atoms with Gasteiger partial charge in [0.05, 0.1) is 0 Å². The molecule has 8 heteroatoms. The van der Waals surface area contributed by atoms with Crippen molar-refractivity contribution in [2.24, 2.45) is 0 Å². The van der Waals surface area contributed by atoms with Gasteiger partial charge in [0.15, 0.2) is 6.61 Å². The fourth-order valence-corrected chi connectivity index (χ4v) is 3.59. The Balaban J connectivity index is 1.33. The summed E-state index contributed by atoms with van der Waals surface area (Å²) >= 11 is 1.46. The molecule has 2 heterocycles. The van der Waals surface area contributed by atoms with E-state index in [1.54, 1.807) is 10.8 Å². The predicted molar refractivity (Wildman–Crippen MR) is 113 cm³/mol. The lowest BCUT2D eigenvalue weighted by Gasteiger charge is -2.19. The Kier molecular flexibility index (Phi) is 5.02. The van der Waals surface area contributed by atoms with Crippen LogP contribution in [0.5, 0.6) is 5.75 Å². The number of aromatic nitrogens is 4. The number of nitrogens with zero attached hydrogens (tertiary/aromatic N) is 4. The van der Waals surface area contributed by atoms with Gasteiger partial charge in [-0.15, -0.1) is 10.2 Å². The molecule has 29 heavy (non-hydrogen) atoms. The molecule has 0 atom stereocenters. The van der Waals surface area contributed by atoms with Crippen LogP contribution in [0.1, 0.15) is 26.3 Å². The van der Waals surface area contributed by atoms with Crippen molar-refractivity contribution in [3.63, 3.8) is 0 Å². The molecular weight excluding hydrogens is 386 g/mol. The van der Waals surface area contributed by atoms with Gasteiger partial charge < -0.3 is 10.1 Å². The summed E-state index contributed by atoms with van der Waals surface area (Å²) < 4.78 is 7.23. The molecule has 0 aliphatic heterocycles. The van der Waals surface area contributed by atoms with Crippen LogP contribution in [-0.4, -0.2) is 32.3 Å². The van der Waals surface area contributed by atoms with Crippen LogP contribution in [0.15, 0.2) is 54.9 Å². The molecule has 4 aromatic rings. The molecule has 0 aliphatic rings. The third-order valence-electron chi connectivity index (χ3n) is 4.39. The first kappa shape index (κ1) is 19.1. The fourth-order valence-electron chi connectivity index (χ4n) is 2.77. The highest BCUT2D eigenvalue weighted by Crippen LogP contribution is 2.26. The van der Waals surface area contributed by atoms with Crippen LogP contribution >= 0.6 is 11.3 Å². The standard InChI is InChI=1S/C21H21N5O2S/c1-21(2,3)15-6-10-17(11-7-15)28-12-18(27)23-16-8-4-14(5-9-16)19-25-26-13-22-24-20(26)29-19/h4-11,13H,12H2,1-3H3,(H,23,27). The van der Waals surface area contributed by atoms with E-state index >= 15 is 0 Å². The van der Waals surface area contributed by atoms with Gasteiger partial charge in [-0.25, -0.2) is 0 Å². The highest BCUT2D eigenvalue weighted by Gasteiger charge is 2.13. The summed E-state index contributed by atoms with van der Waals surface area (Å²) in [7, 11) is 0. The monoisotopic (exact) mass is 407 g/mol. The smallest absolute Gasteiger partial charge is 0.262 e. The third kappa shape index (κ3) is 4.43. The van der Waals surface area contributed by atoms with Gasteiger partial charge in [0, 0.05) is 11.3 Å². The van der Waals surface area contributed by atoms with Crippen molar-refractivity contribution in [1.29, 1.82) is 0 Å². The van der Waals surface area contributed by atoms with Crippen molar-refractivity contribution in [3.05, 3.63) is 60.4 Å². The number of amides is 1. The minimum absolute atomic E-state index is 0.0483. The molecule has 148 valence electrons. The number of carbonyl (C=O) groups excluding carboxylic acids is 1. The average molecular weight is 407 g/mol. The second-order valence-corrected chi connectivity index (χ2v) is 8.61. The molecule has 0 unspecified atom stereocenters. The van der Waals surface area contributed by atoms with E-state index in [4.69, 9.17) is 4.74 Å². The van der Waals surface area contributed by atoms with Crippen LogP contribution < -0.4 is 10.1 Å². The average Bonchev–Trinajstić information content (AvgIpc) is 3.29. The minimum atomic E-state index is -0.212. The van der Waals surface area contributed by atoms with Gasteiger partial charge in [-0.1, -0.05) is 44.2 Å². The highest BCUT2D eigenvalue weighted by molar-refractivity contribution is 7.19. The number of hydrogen-bond acceptors (Lipinski definition) is 6. The molecule has 0 spiro atoms. The van der Waals surface area contributed by atoms with Gasteiger partial charge in [0.2, 0.25) is 4.96 Å². The molecule has 0 saturated carbocycles. The third-order valence-corrected chi connectivity index (χ3v) is 5.35. The van der Waals surface area contributed by atoms with Crippen LogP contribution in [-0.2, 0) is 10.2 Å². The van der Waals surface area contributed by atoms with Gasteiger partial charge in [0.25, 0.3) is 5.91 Å². The molecule has 0 bridgehead atoms. The second kappa shape index (κ2) is 7.63. The zero-order valence-corrected chi connectivity index (χ0v) is 17.2. The lowest BCUT2D eigenvalue weighted by Crippen LogP contribution is -2.20. The molecule has 1 N–H and O–H groups in total. The quantitative estimate of drug-likeness (QED) is 0.537. The Morgan fingerprint density at radius 3 is 2.48 bits per heavy atom. The Morgan fingerprint density at radius 2 is 1.83 bits per heavy atom. The minimum Gasteiger partial charge on any atom is -0.484 e. The lowest BCUT2D eigenvalue weighted by molar-refractivity contribution is -0.118. The van der Waals surface area contributed by atoms with E-state index in [-0.39, 0.29) is 17.9 Å². The van der Waals surface area contributed by atoms with Crippen molar-refractivity contribution in [2.45, 2.75) is 26.2 Å². The van der Waals surface area contributed by atoms with Gasteiger partial charge in [0.1, 0.15) is 17.1 Å². The summed E-state index contributed by atoms with van der Waals surface area (Å²) in [5.74, 6) is 0.461. The maximum Gasteiger partial charge on any atom is 0.262 e. The molecule has 2 aromatic heterocycles. The first-order valence-electron chi connectivity index (χ1n) is 9.19. The number of nitrogens with one attached hydrogen (secondary N) is 1. The Bertz CT molecular complexity index is 1100. The van der Waals surface area contributed by atoms with E-state index < -0.39 is 0 Å². The number of ether oxygens (including phenoxy) is 1. The van der Waals surface area contributed by atoms with Crippen LogP contribution in [0, 0.1) is 0 Å². The number of carbonyl (C=O) groups is 1. The maximum atomic E-state index is 12.2. The van der Waals surface area contributed by atoms with E-state index in [0.29, 0.717) is 11.4 Å². The summed E-state index contributed by atoms with van der Waals surface area (Å²) in [6, 6.07) is 15.3. The molecule has 0 fully saturated rings. The number of anilines is 1. The predicted octanol–water partition coefficient (Wildman–Crippen LogP) is 4.17. The number of rotatable bonds is 5. The molecule has 1 amide bonds. The molecule has 7 nitrogen and oxygen atoms in total. The SMILES string of the molecule is CC(C)(C)c1ccc(OCC(=O)Nc2ccc(-c3nn4cnnc4s3)cc2)cc1. The van der Waals surface area contributed by atoms with Gasteiger partial charge in [-0.3, -0.25) is 4.79 Å². The normalized spacial score (nSPS) is 11.6. The summed E-state index contributed by atoms with van der Waals surface area (Å²) in [4.78, 5) is 12.9. The summed E-state index contributed by atoms with van der Waals surface area (Å²) in [6.45, 7) is 6.43. The fraction of sp³-hybridized carbons (Fsp3) is 0.238. The van der Waals surface area contributed by atoms with E-state index in [1.807, 2.05) is 48.5 Å². The topological polar surface area (TPSA) is 81.4 Å². The lowest BCUT2D eigenvalue weighted by atomic mass is 9.87. The highest BCUT2D eigenvalue weighted by atomic mass is 32.1. The van der Waals surface area contributed by atoms with Crippen LogP contribution in [0.3, 0.4) is 0 Å². The molecule has 0 radical (unpaired) electrons. The number of benzene rings is 2. The summed E-state index contributed by atoms with van der Waals surface area (Å²) in [6.07, 6.45) is 1.57. The number of fused-ring (bicyclic) bond motifs is 1. The van der Waals surface area contributed by atoms with Gasteiger partial charge in [-0.05, 0) is 47.4 Å². The summed E-state index contributed by atoms with van der Waals surface area (Å²) in [5, 5.41) is 15.9. The summed E-state index contributed by atoms with van der Waals surface area (Å²) in [5.41, 5.74) is 2.96. The van der Waals surface area contributed by atoms with E-state index in [1.165, 1.54) is 16.9 Å². The van der Waals surface area contributed by atoms with E-state index in [0.717, 1.165) is 15.5 Å².